The molecule has 0 N–H and O–H groups in total. The van der Waals surface area contributed by atoms with Gasteiger partial charge in [0.1, 0.15) is 0 Å². The Morgan fingerprint density at radius 2 is 1.35 bits per heavy atom. The molecule has 2 rings (SSSR count). The van der Waals surface area contributed by atoms with E-state index in [2.05, 4.69) is 0 Å². The first-order valence-corrected chi connectivity index (χ1v) is 6.49. The van der Waals surface area contributed by atoms with E-state index < -0.39 is 0 Å². The molecule has 0 unspecified atom stereocenters. The molecule has 20 heavy (non-hydrogen) atoms. The van der Waals surface area contributed by atoms with Crippen molar-refractivity contribution in [1.82, 2.24) is 4.90 Å². The fourth-order valence-electron chi connectivity index (χ4n) is 1.68. The van der Waals surface area contributed by atoms with Gasteiger partial charge in [0.2, 0.25) is 5.91 Å². The Kier molecular flexibility index (Phi) is 4.90. The van der Waals surface area contributed by atoms with Gasteiger partial charge in [0.05, 0.1) is 0 Å². The van der Waals surface area contributed by atoms with Gasteiger partial charge in [0.15, 0.2) is 0 Å². The first kappa shape index (κ1) is 13.8. The molecule has 0 spiro atoms. The number of amides is 1. The van der Waals surface area contributed by atoms with Crippen LogP contribution in [0.1, 0.15) is 11.1 Å². The third-order valence-corrected chi connectivity index (χ3v) is 2.86. The molecule has 0 heterocycles. The van der Waals surface area contributed by atoms with Crippen LogP contribution in [-0.4, -0.2) is 17.9 Å². The summed E-state index contributed by atoms with van der Waals surface area (Å²) in [7, 11) is 1.75. The van der Waals surface area contributed by atoms with Gasteiger partial charge in [0, 0.05) is 19.3 Å². The molecule has 0 fully saturated rings. The van der Waals surface area contributed by atoms with Crippen molar-refractivity contribution in [3.8, 4) is 0 Å². The third kappa shape index (κ3) is 4.25. The SMILES string of the molecule is CN(/C=C\c1ccccc1)C(=O)/C=C/c1ccccc1. The summed E-state index contributed by atoms with van der Waals surface area (Å²) in [6.07, 6.45) is 7.07. The third-order valence-electron chi connectivity index (χ3n) is 2.86. The minimum absolute atomic E-state index is 0.0546. The summed E-state index contributed by atoms with van der Waals surface area (Å²) < 4.78 is 0. The highest BCUT2D eigenvalue weighted by atomic mass is 16.2. The van der Waals surface area contributed by atoms with E-state index in [-0.39, 0.29) is 5.91 Å². The summed E-state index contributed by atoms with van der Waals surface area (Å²) in [6, 6.07) is 19.7. The first-order chi connectivity index (χ1) is 9.75. The Bertz CT molecular complexity index is 600. The van der Waals surface area contributed by atoms with E-state index in [1.807, 2.05) is 72.8 Å². The van der Waals surface area contributed by atoms with E-state index in [1.165, 1.54) is 0 Å². The molecule has 0 aliphatic rings. The molecule has 2 aromatic rings. The first-order valence-electron chi connectivity index (χ1n) is 6.49. The van der Waals surface area contributed by atoms with Gasteiger partial charge < -0.3 is 4.90 Å². The van der Waals surface area contributed by atoms with Gasteiger partial charge in [-0.15, -0.1) is 0 Å². The number of likely N-dealkylation sites (N-methyl/N-ethyl adjacent to an activating group) is 1. The lowest BCUT2D eigenvalue weighted by molar-refractivity contribution is -0.122. The highest BCUT2D eigenvalue weighted by Crippen LogP contribution is 2.04. The predicted octanol–water partition coefficient (Wildman–Crippen LogP) is 3.83. The number of hydrogen-bond donors (Lipinski definition) is 0. The zero-order chi connectivity index (χ0) is 14.2. The minimum Gasteiger partial charge on any atom is -0.319 e. The zero-order valence-corrected chi connectivity index (χ0v) is 11.4. The largest absolute Gasteiger partial charge is 0.319 e. The molecule has 0 saturated carbocycles. The van der Waals surface area contributed by atoms with Crippen LogP contribution >= 0.6 is 0 Å². The molecule has 2 nitrogen and oxygen atoms in total. The Morgan fingerprint density at radius 3 is 1.90 bits per heavy atom. The van der Waals surface area contributed by atoms with E-state index in [0.29, 0.717) is 0 Å². The summed E-state index contributed by atoms with van der Waals surface area (Å²) >= 11 is 0. The van der Waals surface area contributed by atoms with Crippen molar-refractivity contribution in [1.29, 1.82) is 0 Å². The highest BCUT2D eigenvalue weighted by molar-refractivity contribution is 5.92. The second kappa shape index (κ2) is 7.10. The highest BCUT2D eigenvalue weighted by Gasteiger charge is 1.99. The van der Waals surface area contributed by atoms with Gasteiger partial charge in [-0.2, -0.15) is 0 Å². The van der Waals surface area contributed by atoms with Crippen molar-refractivity contribution < 1.29 is 4.79 Å². The predicted molar refractivity (Wildman–Crippen MR) is 83.7 cm³/mol. The molecule has 0 radical (unpaired) electrons. The van der Waals surface area contributed by atoms with Crippen molar-refractivity contribution in [3.63, 3.8) is 0 Å². The van der Waals surface area contributed by atoms with Gasteiger partial charge in [-0.1, -0.05) is 60.7 Å². The van der Waals surface area contributed by atoms with Crippen molar-refractivity contribution in [2.24, 2.45) is 0 Å². The quantitative estimate of drug-likeness (QED) is 0.768. The Balaban J connectivity index is 1.96. The van der Waals surface area contributed by atoms with Gasteiger partial charge in [0.25, 0.3) is 0 Å². The number of hydrogen-bond acceptors (Lipinski definition) is 1. The molecule has 2 aromatic carbocycles. The van der Waals surface area contributed by atoms with Crippen LogP contribution in [0.25, 0.3) is 12.2 Å². The number of rotatable bonds is 4. The van der Waals surface area contributed by atoms with E-state index >= 15 is 0 Å². The van der Waals surface area contributed by atoms with Crippen molar-refractivity contribution in [3.05, 3.63) is 84.1 Å². The molecule has 2 heteroatoms. The Morgan fingerprint density at radius 1 is 0.850 bits per heavy atom. The van der Waals surface area contributed by atoms with E-state index in [1.54, 1.807) is 24.2 Å². The second-order valence-electron chi connectivity index (χ2n) is 4.42. The van der Waals surface area contributed by atoms with E-state index in [4.69, 9.17) is 0 Å². The molecule has 0 bridgehead atoms. The molecule has 1 amide bonds. The molecule has 100 valence electrons. The second-order valence-corrected chi connectivity index (χ2v) is 4.42. The van der Waals surface area contributed by atoms with Crippen LogP contribution < -0.4 is 0 Å². The smallest absolute Gasteiger partial charge is 0.250 e. The summed E-state index contributed by atoms with van der Waals surface area (Å²) in [5, 5.41) is 0. The number of benzene rings is 2. The molecule has 0 aliphatic carbocycles. The Hall–Kier alpha value is -2.61. The monoisotopic (exact) mass is 263 g/mol. The average molecular weight is 263 g/mol. The molecule has 0 aliphatic heterocycles. The topological polar surface area (TPSA) is 20.3 Å². The summed E-state index contributed by atoms with van der Waals surface area (Å²) in [5.74, 6) is -0.0546. The molecular formula is C18H17NO. The zero-order valence-electron chi connectivity index (χ0n) is 11.4. The average Bonchev–Trinajstić information content (AvgIpc) is 2.52. The maximum atomic E-state index is 11.9. The summed E-state index contributed by atoms with van der Waals surface area (Å²) in [5.41, 5.74) is 2.08. The summed E-state index contributed by atoms with van der Waals surface area (Å²) in [6.45, 7) is 0. The van der Waals surface area contributed by atoms with Crippen molar-refractivity contribution in [2.75, 3.05) is 7.05 Å². The van der Waals surface area contributed by atoms with Crippen molar-refractivity contribution in [2.45, 2.75) is 0 Å². The normalized spacial score (nSPS) is 11.1. The lowest BCUT2D eigenvalue weighted by Crippen LogP contribution is -2.17. The van der Waals surface area contributed by atoms with Gasteiger partial charge in [-0.05, 0) is 23.3 Å². The lowest BCUT2D eigenvalue weighted by Gasteiger charge is -2.08. The summed E-state index contributed by atoms with van der Waals surface area (Å²) in [4.78, 5) is 13.5. The molecule has 0 atom stereocenters. The van der Waals surface area contributed by atoms with Gasteiger partial charge in [-0.3, -0.25) is 4.79 Å². The lowest BCUT2D eigenvalue weighted by atomic mass is 10.2. The van der Waals surface area contributed by atoms with Gasteiger partial charge >= 0.3 is 0 Å². The fraction of sp³-hybridized carbons (Fsp3) is 0.0556. The molecular weight excluding hydrogens is 246 g/mol. The van der Waals surface area contributed by atoms with Crippen LogP contribution in [0.5, 0.6) is 0 Å². The van der Waals surface area contributed by atoms with Crippen LogP contribution in [0, 0.1) is 0 Å². The molecule has 0 aromatic heterocycles. The number of carbonyl (C=O) groups excluding carboxylic acids is 1. The van der Waals surface area contributed by atoms with E-state index in [0.717, 1.165) is 11.1 Å². The standard InChI is InChI=1S/C18H17NO/c1-19(15-14-17-10-6-3-7-11-17)18(20)13-12-16-8-4-2-5-9-16/h2-15H,1H3/b13-12+,15-14-. The van der Waals surface area contributed by atoms with Gasteiger partial charge in [-0.25, -0.2) is 0 Å². The van der Waals surface area contributed by atoms with Crippen LogP contribution in [0.2, 0.25) is 0 Å². The van der Waals surface area contributed by atoms with Crippen LogP contribution in [0.4, 0.5) is 0 Å². The fourth-order valence-corrected chi connectivity index (χ4v) is 1.68. The van der Waals surface area contributed by atoms with E-state index in [9.17, 15) is 4.79 Å². The minimum atomic E-state index is -0.0546. The maximum Gasteiger partial charge on any atom is 0.250 e. The molecule has 0 saturated heterocycles. The number of carbonyl (C=O) groups is 1. The number of nitrogens with zero attached hydrogens (tertiary/aromatic N) is 1. The Labute approximate surface area is 119 Å². The van der Waals surface area contributed by atoms with Crippen LogP contribution in [0.3, 0.4) is 0 Å². The maximum absolute atomic E-state index is 11.9. The van der Waals surface area contributed by atoms with Crippen LogP contribution in [-0.2, 0) is 4.79 Å². The van der Waals surface area contributed by atoms with Crippen molar-refractivity contribution >= 4 is 18.1 Å². The van der Waals surface area contributed by atoms with Crippen LogP contribution in [0.15, 0.2) is 72.9 Å².